The third-order valence-corrected chi connectivity index (χ3v) is 4.00. The molecule has 22 heavy (non-hydrogen) atoms. The molecule has 0 saturated heterocycles. The van der Waals surface area contributed by atoms with E-state index in [1.807, 2.05) is 41.0 Å². The number of para-hydroxylation sites is 2. The van der Waals surface area contributed by atoms with E-state index in [-0.39, 0.29) is 6.61 Å². The summed E-state index contributed by atoms with van der Waals surface area (Å²) in [7, 11) is 0. The van der Waals surface area contributed by atoms with E-state index in [4.69, 9.17) is 4.74 Å². The molecule has 0 fully saturated rings. The van der Waals surface area contributed by atoms with Crippen molar-refractivity contribution < 1.29 is 9.84 Å². The molecule has 4 nitrogen and oxygen atoms in total. The zero-order valence-corrected chi connectivity index (χ0v) is 12.9. The molecule has 2 aromatic carbocycles. The van der Waals surface area contributed by atoms with Crippen molar-refractivity contribution in [3.63, 3.8) is 0 Å². The number of hydrogen-bond acceptors (Lipinski definition) is 3. The molecule has 0 amide bonds. The highest BCUT2D eigenvalue weighted by Gasteiger charge is 2.09. The van der Waals surface area contributed by atoms with Crippen LogP contribution in [0.25, 0.3) is 11.0 Å². The van der Waals surface area contributed by atoms with Gasteiger partial charge in [-0.15, -0.1) is 0 Å². The highest BCUT2D eigenvalue weighted by Crippen LogP contribution is 2.21. The maximum Gasteiger partial charge on any atom is 0.135 e. The number of benzene rings is 2. The molecule has 1 aromatic heterocycles. The lowest BCUT2D eigenvalue weighted by atomic mass is 10.1. The molecule has 0 saturated carbocycles. The van der Waals surface area contributed by atoms with Crippen LogP contribution < -0.4 is 4.74 Å². The molecule has 0 aliphatic carbocycles. The van der Waals surface area contributed by atoms with E-state index in [1.54, 1.807) is 0 Å². The van der Waals surface area contributed by atoms with Gasteiger partial charge in [-0.2, -0.15) is 0 Å². The SMILES string of the molecule is Cc1cccc(OCCn2c(CO)nc3ccccc32)c1C. The molecule has 0 spiro atoms. The summed E-state index contributed by atoms with van der Waals surface area (Å²) in [5.74, 6) is 1.58. The zero-order chi connectivity index (χ0) is 15.5. The Hall–Kier alpha value is -2.33. The minimum atomic E-state index is -0.0713. The van der Waals surface area contributed by atoms with Crippen molar-refractivity contribution in [2.24, 2.45) is 0 Å². The first-order valence-corrected chi connectivity index (χ1v) is 7.44. The minimum absolute atomic E-state index is 0.0713. The van der Waals surface area contributed by atoms with Crippen molar-refractivity contribution >= 4 is 11.0 Å². The highest BCUT2D eigenvalue weighted by molar-refractivity contribution is 5.75. The van der Waals surface area contributed by atoms with Crippen LogP contribution in [0.1, 0.15) is 17.0 Å². The van der Waals surface area contributed by atoms with Gasteiger partial charge in [-0.3, -0.25) is 0 Å². The van der Waals surface area contributed by atoms with Crippen LogP contribution in [-0.4, -0.2) is 21.3 Å². The number of rotatable bonds is 5. The third-order valence-electron chi connectivity index (χ3n) is 4.00. The molecule has 1 N–H and O–H groups in total. The fourth-order valence-electron chi connectivity index (χ4n) is 2.62. The van der Waals surface area contributed by atoms with E-state index < -0.39 is 0 Å². The van der Waals surface area contributed by atoms with Crippen molar-refractivity contribution in [1.82, 2.24) is 9.55 Å². The Morgan fingerprint density at radius 3 is 2.73 bits per heavy atom. The number of aromatic nitrogens is 2. The van der Waals surface area contributed by atoms with E-state index >= 15 is 0 Å². The summed E-state index contributed by atoms with van der Waals surface area (Å²) in [4.78, 5) is 4.45. The summed E-state index contributed by atoms with van der Waals surface area (Å²) in [5.41, 5.74) is 4.32. The summed E-state index contributed by atoms with van der Waals surface area (Å²) in [6.07, 6.45) is 0. The van der Waals surface area contributed by atoms with E-state index in [0.29, 0.717) is 19.0 Å². The lowest BCUT2D eigenvalue weighted by molar-refractivity contribution is 0.255. The first kappa shape index (κ1) is 14.6. The second kappa shape index (κ2) is 6.20. The molecule has 0 atom stereocenters. The molecular formula is C18H20N2O2. The summed E-state index contributed by atoms with van der Waals surface area (Å²) in [6.45, 7) is 5.27. The second-order valence-electron chi connectivity index (χ2n) is 5.37. The number of aryl methyl sites for hydroxylation is 1. The molecule has 0 aliphatic rings. The molecule has 0 unspecified atom stereocenters. The standard InChI is InChI=1S/C18H20N2O2/c1-13-6-5-9-17(14(13)2)22-11-10-20-16-8-4-3-7-15(16)19-18(20)12-21/h3-9,21H,10-12H2,1-2H3. The van der Waals surface area contributed by atoms with Crippen LogP contribution in [-0.2, 0) is 13.2 Å². The Kier molecular flexibility index (Phi) is 4.11. The lowest BCUT2D eigenvalue weighted by Crippen LogP contribution is -2.11. The Morgan fingerprint density at radius 1 is 1.09 bits per heavy atom. The maximum absolute atomic E-state index is 9.49. The summed E-state index contributed by atoms with van der Waals surface area (Å²) >= 11 is 0. The second-order valence-corrected chi connectivity index (χ2v) is 5.37. The Morgan fingerprint density at radius 2 is 1.91 bits per heavy atom. The van der Waals surface area contributed by atoms with Gasteiger partial charge in [-0.25, -0.2) is 4.98 Å². The predicted molar refractivity (Wildman–Crippen MR) is 87.1 cm³/mol. The molecule has 1 heterocycles. The molecule has 0 bridgehead atoms. The van der Waals surface area contributed by atoms with E-state index in [2.05, 4.69) is 24.9 Å². The largest absolute Gasteiger partial charge is 0.491 e. The first-order chi connectivity index (χ1) is 10.7. The van der Waals surface area contributed by atoms with Gasteiger partial charge >= 0.3 is 0 Å². The third kappa shape index (κ3) is 2.70. The van der Waals surface area contributed by atoms with Crippen LogP contribution in [0.3, 0.4) is 0 Å². The normalized spacial score (nSPS) is 11.0. The van der Waals surface area contributed by atoms with Crippen LogP contribution in [0.2, 0.25) is 0 Å². The topological polar surface area (TPSA) is 47.3 Å². The number of aliphatic hydroxyl groups is 1. The number of imidazole rings is 1. The van der Waals surface area contributed by atoms with Gasteiger partial charge in [-0.1, -0.05) is 24.3 Å². The number of fused-ring (bicyclic) bond motifs is 1. The molecule has 0 aliphatic heterocycles. The Labute approximate surface area is 130 Å². The van der Waals surface area contributed by atoms with Crippen molar-refractivity contribution in [3.8, 4) is 5.75 Å². The number of hydrogen-bond donors (Lipinski definition) is 1. The number of ether oxygens (including phenoxy) is 1. The lowest BCUT2D eigenvalue weighted by Gasteiger charge is -2.12. The summed E-state index contributed by atoms with van der Waals surface area (Å²) in [6, 6.07) is 14.0. The van der Waals surface area contributed by atoms with Gasteiger partial charge in [0.1, 0.15) is 24.8 Å². The zero-order valence-electron chi connectivity index (χ0n) is 12.9. The monoisotopic (exact) mass is 296 g/mol. The van der Waals surface area contributed by atoms with Crippen LogP contribution in [0.5, 0.6) is 5.75 Å². The minimum Gasteiger partial charge on any atom is -0.491 e. The average Bonchev–Trinajstić information content (AvgIpc) is 2.89. The van der Waals surface area contributed by atoms with Crippen LogP contribution in [0.4, 0.5) is 0 Å². The van der Waals surface area contributed by atoms with E-state index in [9.17, 15) is 5.11 Å². The molecular weight excluding hydrogens is 276 g/mol. The fraction of sp³-hybridized carbons (Fsp3) is 0.278. The van der Waals surface area contributed by atoms with Crippen LogP contribution >= 0.6 is 0 Å². The van der Waals surface area contributed by atoms with Crippen LogP contribution in [0.15, 0.2) is 42.5 Å². The smallest absolute Gasteiger partial charge is 0.135 e. The average molecular weight is 296 g/mol. The summed E-state index contributed by atoms with van der Waals surface area (Å²) < 4.78 is 7.92. The highest BCUT2D eigenvalue weighted by atomic mass is 16.5. The van der Waals surface area contributed by atoms with Crippen molar-refractivity contribution in [2.75, 3.05) is 6.61 Å². The number of aliphatic hydroxyl groups excluding tert-OH is 1. The molecule has 114 valence electrons. The van der Waals surface area contributed by atoms with Crippen molar-refractivity contribution in [3.05, 3.63) is 59.4 Å². The Balaban J connectivity index is 1.78. The van der Waals surface area contributed by atoms with Gasteiger partial charge in [0.05, 0.1) is 17.6 Å². The van der Waals surface area contributed by atoms with E-state index in [1.165, 1.54) is 11.1 Å². The molecule has 0 radical (unpaired) electrons. The van der Waals surface area contributed by atoms with Gasteiger partial charge in [0.15, 0.2) is 0 Å². The van der Waals surface area contributed by atoms with Crippen LogP contribution in [0, 0.1) is 13.8 Å². The maximum atomic E-state index is 9.49. The quantitative estimate of drug-likeness (QED) is 0.786. The van der Waals surface area contributed by atoms with Crippen molar-refractivity contribution in [2.45, 2.75) is 27.0 Å². The number of nitrogens with zero attached hydrogens (tertiary/aromatic N) is 2. The molecule has 3 aromatic rings. The van der Waals surface area contributed by atoms with Gasteiger partial charge in [0, 0.05) is 0 Å². The van der Waals surface area contributed by atoms with Gasteiger partial charge < -0.3 is 14.4 Å². The van der Waals surface area contributed by atoms with Gasteiger partial charge in [0.25, 0.3) is 0 Å². The predicted octanol–water partition coefficient (Wildman–Crippen LogP) is 3.22. The molecule has 4 heteroatoms. The molecule has 3 rings (SSSR count). The fourth-order valence-corrected chi connectivity index (χ4v) is 2.62. The summed E-state index contributed by atoms with van der Waals surface area (Å²) in [5, 5.41) is 9.49. The van der Waals surface area contributed by atoms with Crippen molar-refractivity contribution in [1.29, 1.82) is 0 Å². The first-order valence-electron chi connectivity index (χ1n) is 7.44. The van der Waals surface area contributed by atoms with Gasteiger partial charge in [-0.05, 0) is 43.2 Å². The van der Waals surface area contributed by atoms with E-state index in [0.717, 1.165) is 16.8 Å². The van der Waals surface area contributed by atoms with Gasteiger partial charge in [0.2, 0.25) is 0 Å². The Bertz CT molecular complexity index is 793.